The van der Waals surface area contributed by atoms with E-state index in [1.54, 1.807) is 4.68 Å². The average Bonchev–Trinajstić information content (AvgIpc) is 2.54. The smallest absolute Gasteiger partial charge is 0.292 e. The number of hydrogen-bond acceptors (Lipinski definition) is 3. The number of aromatic nitrogens is 1. The second-order valence-electron chi connectivity index (χ2n) is 6.02. The van der Waals surface area contributed by atoms with Crippen molar-refractivity contribution in [2.24, 2.45) is 0 Å². The number of hydrogen-bond donors (Lipinski definition) is 1. The van der Waals surface area contributed by atoms with E-state index in [4.69, 9.17) is 5.73 Å². The Morgan fingerprint density at radius 3 is 2.45 bits per heavy atom. The molecule has 1 aliphatic heterocycles. The summed E-state index contributed by atoms with van der Waals surface area (Å²) in [5.74, 6) is 0. The lowest BCUT2D eigenvalue weighted by atomic mass is 10.0. The van der Waals surface area contributed by atoms with E-state index in [0.29, 0.717) is 12.1 Å². The van der Waals surface area contributed by atoms with Gasteiger partial charge in [-0.1, -0.05) is 30.3 Å². The van der Waals surface area contributed by atoms with Gasteiger partial charge in [-0.2, -0.15) is 0 Å². The normalized spacial score (nSPS) is 15.0. The van der Waals surface area contributed by atoms with Crippen molar-refractivity contribution in [1.29, 1.82) is 0 Å². The van der Waals surface area contributed by atoms with Crippen LogP contribution in [0.25, 0.3) is 0 Å². The number of nitrogens with two attached hydrogens (primary N) is 1. The van der Waals surface area contributed by atoms with E-state index >= 15 is 0 Å². The monoisotopic (exact) mass is 297 g/mol. The van der Waals surface area contributed by atoms with Gasteiger partial charge in [0, 0.05) is 18.8 Å². The number of piperidine rings is 1. The molecule has 0 spiro atoms. The summed E-state index contributed by atoms with van der Waals surface area (Å²) in [5.41, 5.74) is 9.50. The average molecular weight is 297 g/mol. The molecular weight excluding hydrogens is 274 g/mol. The number of anilines is 1. The molecule has 0 aliphatic carbocycles. The zero-order valence-electron chi connectivity index (χ0n) is 13.1. The maximum atomic E-state index is 12.7. The Balaban J connectivity index is 1.96. The highest BCUT2D eigenvalue weighted by atomic mass is 16.1. The van der Waals surface area contributed by atoms with Crippen LogP contribution in [0.2, 0.25) is 0 Å². The lowest BCUT2D eigenvalue weighted by Gasteiger charge is -2.32. The fourth-order valence-electron chi connectivity index (χ4n) is 3.19. The Morgan fingerprint density at radius 2 is 1.77 bits per heavy atom. The fourth-order valence-corrected chi connectivity index (χ4v) is 3.19. The van der Waals surface area contributed by atoms with E-state index in [9.17, 15) is 4.79 Å². The van der Waals surface area contributed by atoms with Crippen molar-refractivity contribution < 1.29 is 0 Å². The molecule has 0 atom stereocenters. The summed E-state index contributed by atoms with van der Waals surface area (Å²) in [7, 11) is 0. The number of pyridine rings is 1. The third-order valence-electron chi connectivity index (χ3n) is 4.34. The van der Waals surface area contributed by atoms with Crippen LogP contribution in [0.3, 0.4) is 0 Å². The van der Waals surface area contributed by atoms with E-state index in [-0.39, 0.29) is 5.56 Å². The van der Waals surface area contributed by atoms with Gasteiger partial charge in [-0.15, -0.1) is 0 Å². The second kappa shape index (κ2) is 6.26. The molecule has 0 unspecified atom stereocenters. The van der Waals surface area contributed by atoms with E-state index in [1.165, 1.54) is 12.0 Å². The van der Waals surface area contributed by atoms with Crippen molar-refractivity contribution in [1.82, 2.24) is 4.68 Å². The highest BCUT2D eigenvalue weighted by Crippen LogP contribution is 2.16. The molecule has 1 fully saturated rings. The molecule has 0 amide bonds. The maximum Gasteiger partial charge on any atom is 0.292 e. The molecule has 0 radical (unpaired) electrons. The summed E-state index contributed by atoms with van der Waals surface area (Å²) < 4.78 is 1.77. The Kier molecular flexibility index (Phi) is 4.18. The van der Waals surface area contributed by atoms with Crippen molar-refractivity contribution in [2.45, 2.75) is 32.6 Å². The number of aryl methyl sites for hydroxylation is 1. The van der Waals surface area contributed by atoms with E-state index in [0.717, 1.165) is 37.2 Å². The highest BCUT2D eigenvalue weighted by molar-refractivity contribution is 5.48. The highest BCUT2D eigenvalue weighted by Gasteiger charge is 2.17. The molecule has 2 aromatic rings. The number of nitrogen functional groups attached to an aromatic ring is 1. The van der Waals surface area contributed by atoms with Gasteiger partial charge >= 0.3 is 0 Å². The van der Waals surface area contributed by atoms with Crippen LogP contribution < -0.4 is 16.3 Å². The molecule has 2 heterocycles. The minimum absolute atomic E-state index is 0.0761. The van der Waals surface area contributed by atoms with Gasteiger partial charge in [0.05, 0.1) is 0 Å². The third kappa shape index (κ3) is 2.86. The van der Waals surface area contributed by atoms with Gasteiger partial charge in [-0.3, -0.25) is 4.79 Å². The van der Waals surface area contributed by atoms with Crippen LogP contribution in [0.5, 0.6) is 0 Å². The van der Waals surface area contributed by atoms with Gasteiger partial charge in [-0.05, 0) is 49.8 Å². The Labute approximate surface area is 131 Å². The standard InChI is InChI=1S/C18H23N3O/c1-14-12-16(13-15-8-4-2-5-9-15)17(19)18(22)21(14)20-10-6-3-7-11-20/h2,4-5,8-9,12H,3,6-7,10-11,13,19H2,1H3. The minimum Gasteiger partial charge on any atom is -0.394 e. The third-order valence-corrected chi connectivity index (χ3v) is 4.34. The first-order valence-electron chi connectivity index (χ1n) is 7.97. The summed E-state index contributed by atoms with van der Waals surface area (Å²) in [5, 5.41) is 2.13. The van der Waals surface area contributed by atoms with Crippen LogP contribution in [0, 0.1) is 6.92 Å². The Hall–Kier alpha value is -2.23. The van der Waals surface area contributed by atoms with Crippen molar-refractivity contribution in [3.8, 4) is 0 Å². The van der Waals surface area contributed by atoms with Crippen molar-refractivity contribution in [3.05, 3.63) is 63.6 Å². The van der Waals surface area contributed by atoms with Gasteiger partial charge in [0.25, 0.3) is 5.56 Å². The number of nitrogens with zero attached hydrogens (tertiary/aromatic N) is 2. The van der Waals surface area contributed by atoms with E-state index < -0.39 is 0 Å². The molecule has 1 aromatic heterocycles. The zero-order chi connectivity index (χ0) is 15.5. The maximum absolute atomic E-state index is 12.7. The molecule has 116 valence electrons. The lowest BCUT2D eigenvalue weighted by molar-refractivity contribution is 0.464. The lowest BCUT2D eigenvalue weighted by Crippen LogP contribution is -2.47. The van der Waals surface area contributed by atoms with Crippen LogP contribution in [0.15, 0.2) is 41.2 Å². The summed E-state index contributed by atoms with van der Waals surface area (Å²) in [6.45, 7) is 3.85. The molecule has 0 bridgehead atoms. The second-order valence-corrected chi connectivity index (χ2v) is 6.02. The largest absolute Gasteiger partial charge is 0.394 e. The summed E-state index contributed by atoms with van der Waals surface area (Å²) >= 11 is 0. The summed E-state index contributed by atoms with van der Waals surface area (Å²) in [6.07, 6.45) is 4.21. The predicted octanol–water partition coefficient (Wildman–Crippen LogP) is 2.45. The van der Waals surface area contributed by atoms with Gasteiger partial charge in [0.1, 0.15) is 5.69 Å². The number of benzene rings is 1. The van der Waals surface area contributed by atoms with Gasteiger partial charge in [0.15, 0.2) is 0 Å². The molecule has 22 heavy (non-hydrogen) atoms. The van der Waals surface area contributed by atoms with Crippen LogP contribution in [-0.2, 0) is 6.42 Å². The van der Waals surface area contributed by atoms with Gasteiger partial charge in [0.2, 0.25) is 0 Å². The molecule has 1 saturated heterocycles. The van der Waals surface area contributed by atoms with Crippen molar-refractivity contribution >= 4 is 5.69 Å². The fraction of sp³-hybridized carbons (Fsp3) is 0.389. The van der Waals surface area contributed by atoms with Crippen LogP contribution in [-0.4, -0.2) is 17.8 Å². The quantitative estimate of drug-likeness (QED) is 0.947. The van der Waals surface area contributed by atoms with E-state index in [1.807, 2.05) is 25.1 Å². The SMILES string of the molecule is Cc1cc(Cc2ccccc2)c(N)c(=O)n1N1CCCCC1. The number of rotatable bonds is 3. The Bertz CT molecular complexity index is 700. The topological polar surface area (TPSA) is 51.3 Å². The summed E-state index contributed by atoms with van der Waals surface area (Å²) in [6, 6.07) is 12.2. The molecule has 4 heteroatoms. The van der Waals surface area contributed by atoms with Gasteiger partial charge < -0.3 is 10.7 Å². The molecule has 2 N–H and O–H groups in total. The molecule has 1 aromatic carbocycles. The molecular formula is C18H23N3O. The predicted molar refractivity (Wildman–Crippen MR) is 90.9 cm³/mol. The zero-order valence-corrected chi connectivity index (χ0v) is 13.1. The molecule has 3 rings (SSSR count). The minimum atomic E-state index is -0.0761. The van der Waals surface area contributed by atoms with Crippen LogP contribution >= 0.6 is 0 Å². The van der Waals surface area contributed by atoms with Crippen LogP contribution in [0.4, 0.5) is 5.69 Å². The molecule has 1 aliphatic rings. The molecule has 0 saturated carbocycles. The van der Waals surface area contributed by atoms with E-state index in [2.05, 4.69) is 23.2 Å². The van der Waals surface area contributed by atoms with Crippen molar-refractivity contribution in [3.63, 3.8) is 0 Å². The van der Waals surface area contributed by atoms with Gasteiger partial charge in [-0.25, -0.2) is 4.68 Å². The van der Waals surface area contributed by atoms with Crippen LogP contribution in [0.1, 0.15) is 36.1 Å². The Morgan fingerprint density at radius 1 is 1.09 bits per heavy atom. The first-order valence-corrected chi connectivity index (χ1v) is 7.97. The first-order chi connectivity index (χ1) is 10.7. The van der Waals surface area contributed by atoms with Crippen molar-refractivity contribution in [2.75, 3.05) is 23.8 Å². The molecule has 4 nitrogen and oxygen atoms in total. The first kappa shape index (κ1) is 14.7. The summed E-state index contributed by atoms with van der Waals surface area (Å²) in [4.78, 5) is 12.7.